The smallest absolute Gasteiger partial charge is 0.242 e. The highest BCUT2D eigenvalue weighted by atomic mass is 19.1. The minimum Gasteiger partial charge on any atom is -0.339 e. The Morgan fingerprint density at radius 2 is 1.88 bits per heavy atom. The molecule has 1 atom stereocenters. The van der Waals surface area contributed by atoms with Crippen LogP contribution in [0.25, 0.3) is 0 Å². The minimum atomic E-state index is -0.339. The van der Waals surface area contributed by atoms with E-state index in [-0.39, 0.29) is 49.0 Å². The fourth-order valence-corrected chi connectivity index (χ4v) is 3.79. The van der Waals surface area contributed by atoms with Gasteiger partial charge < -0.3 is 14.7 Å². The number of rotatable bonds is 4. The summed E-state index contributed by atoms with van der Waals surface area (Å²) in [6.45, 7) is 1.50. The first-order valence-electron chi connectivity index (χ1n) is 9.12. The average Bonchev–Trinajstić information content (AvgIpc) is 3.40. The van der Waals surface area contributed by atoms with Crippen molar-refractivity contribution in [3.05, 3.63) is 35.6 Å². The lowest BCUT2D eigenvalue weighted by molar-refractivity contribution is -0.147. The molecule has 1 aromatic carbocycles. The molecule has 6 nitrogen and oxygen atoms in total. The fourth-order valence-electron chi connectivity index (χ4n) is 3.79. The first kappa shape index (κ1) is 17.0. The number of benzene rings is 1. The van der Waals surface area contributed by atoms with Gasteiger partial charge in [-0.2, -0.15) is 0 Å². The molecule has 3 fully saturated rings. The van der Waals surface area contributed by atoms with Gasteiger partial charge in [0.05, 0.1) is 12.5 Å². The van der Waals surface area contributed by atoms with Crippen LogP contribution in [0.15, 0.2) is 24.3 Å². The maximum atomic E-state index is 13.8. The molecule has 3 aliphatic rings. The van der Waals surface area contributed by atoms with Gasteiger partial charge in [0.1, 0.15) is 5.82 Å². The monoisotopic (exact) mass is 359 g/mol. The zero-order chi connectivity index (χ0) is 18.3. The lowest BCUT2D eigenvalue weighted by Crippen LogP contribution is -2.53. The quantitative estimate of drug-likeness (QED) is 0.806. The normalized spacial score (nSPS) is 23.7. The third-order valence-corrected chi connectivity index (χ3v) is 5.44. The summed E-state index contributed by atoms with van der Waals surface area (Å²) in [7, 11) is 0. The molecule has 3 amide bonds. The molecule has 2 heterocycles. The van der Waals surface area contributed by atoms with Crippen molar-refractivity contribution >= 4 is 17.7 Å². The van der Waals surface area contributed by atoms with Gasteiger partial charge in [0, 0.05) is 44.2 Å². The van der Waals surface area contributed by atoms with Crippen LogP contribution in [-0.4, -0.2) is 64.6 Å². The van der Waals surface area contributed by atoms with E-state index in [1.807, 2.05) is 4.90 Å². The maximum Gasteiger partial charge on any atom is 0.242 e. The second-order valence-electron chi connectivity index (χ2n) is 7.34. The van der Waals surface area contributed by atoms with E-state index >= 15 is 0 Å². The second kappa shape index (κ2) is 6.70. The Bertz CT molecular complexity index is 749. The average molecular weight is 359 g/mol. The summed E-state index contributed by atoms with van der Waals surface area (Å²) in [4.78, 5) is 42.1. The topological polar surface area (TPSA) is 60.9 Å². The molecule has 0 unspecified atom stereocenters. The van der Waals surface area contributed by atoms with Crippen LogP contribution in [0.1, 0.15) is 24.8 Å². The molecule has 2 saturated heterocycles. The van der Waals surface area contributed by atoms with Crippen molar-refractivity contribution in [3.8, 4) is 0 Å². The number of likely N-dealkylation sites (tertiary alicyclic amines) is 1. The van der Waals surface area contributed by atoms with Crippen LogP contribution in [-0.2, 0) is 20.9 Å². The van der Waals surface area contributed by atoms with E-state index in [1.165, 1.54) is 6.07 Å². The molecule has 7 heteroatoms. The molecule has 0 radical (unpaired) electrons. The summed E-state index contributed by atoms with van der Waals surface area (Å²) in [5.41, 5.74) is 0.474. The number of carbonyl (C=O) groups is 3. The summed E-state index contributed by atoms with van der Waals surface area (Å²) in [6.07, 6.45) is 2.30. The molecule has 0 aromatic heterocycles. The van der Waals surface area contributed by atoms with Crippen molar-refractivity contribution in [2.24, 2.45) is 5.92 Å². The number of halogens is 1. The molecule has 1 saturated carbocycles. The Kier molecular flexibility index (Phi) is 4.38. The van der Waals surface area contributed by atoms with E-state index in [2.05, 4.69) is 0 Å². The van der Waals surface area contributed by atoms with Crippen LogP contribution in [0.3, 0.4) is 0 Å². The van der Waals surface area contributed by atoms with Crippen molar-refractivity contribution < 1.29 is 18.8 Å². The highest BCUT2D eigenvalue weighted by Gasteiger charge is 2.43. The predicted molar refractivity (Wildman–Crippen MR) is 91.2 cm³/mol. The molecule has 26 heavy (non-hydrogen) atoms. The molecule has 4 rings (SSSR count). The number of carbonyl (C=O) groups excluding carboxylic acids is 3. The Balaban J connectivity index is 1.35. The van der Waals surface area contributed by atoms with Gasteiger partial charge in [-0.05, 0) is 18.9 Å². The van der Waals surface area contributed by atoms with Crippen molar-refractivity contribution in [1.29, 1.82) is 0 Å². The van der Waals surface area contributed by atoms with Crippen LogP contribution in [0.4, 0.5) is 4.39 Å². The van der Waals surface area contributed by atoms with Gasteiger partial charge in [-0.3, -0.25) is 14.4 Å². The molecule has 1 aliphatic carbocycles. The third-order valence-electron chi connectivity index (χ3n) is 5.44. The molecule has 2 aliphatic heterocycles. The van der Waals surface area contributed by atoms with Gasteiger partial charge in [-0.25, -0.2) is 4.39 Å². The molecular formula is C19H22FN3O3. The second-order valence-corrected chi connectivity index (χ2v) is 7.34. The molecule has 0 N–H and O–H groups in total. The van der Waals surface area contributed by atoms with E-state index in [0.29, 0.717) is 31.2 Å². The Morgan fingerprint density at radius 1 is 1.12 bits per heavy atom. The Hall–Kier alpha value is -2.44. The van der Waals surface area contributed by atoms with Crippen molar-refractivity contribution in [3.63, 3.8) is 0 Å². The summed E-state index contributed by atoms with van der Waals surface area (Å²) >= 11 is 0. The molecule has 1 aromatic rings. The first-order valence-corrected chi connectivity index (χ1v) is 9.12. The lowest BCUT2D eigenvalue weighted by Gasteiger charge is -2.35. The highest BCUT2D eigenvalue weighted by molar-refractivity contribution is 5.92. The fraction of sp³-hybridized carbons (Fsp3) is 0.526. The Labute approximate surface area is 151 Å². The van der Waals surface area contributed by atoms with Crippen molar-refractivity contribution in [2.75, 3.05) is 26.2 Å². The Morgan fingerprint density at radius 3 is 2.58 bits per heavy atom. The van der Waals surface area contributed by atoms with E-state index in [9.17, 15) is 18.8 Å². The van der Waals surface area contributed by atoms with Gasteiger partial charge in [-0.1, -0.05) is 18.2 Å². The summed E-state index contributed by atoms with van der Waals surface area (Å²) in [5, 5.41) is 0. The predicted octanol–water partition coefficient (Wildman–Crippen LogP) is 1.01. The standard InChI is InChI=1S/C19H22FN3O3/c20-16-4-2-1-3-13(16)10-21-7-8-22(12-18(21)25)19(26)14-9-17(24)23(11-14)15-5-6-15/h1-4,14-15H,5-12H2/t14-/m1/s1. The number of piperazine rings is 1. The number of hydrogen-bond acceptors (Lipinski definition) is 3. The minimum absolute atomic E-state index is 0.00139. The summed E-state index contributed by atoms with van der Waals surface area (Å²) in [6, 6.07) is 6.72. The van der Waals surface area contributed by atoms with Crippen LogP contribution < -0.4 is 0 Å². The van der Waals surface area contributed by atoms with Crippen LogP contribution in [0.5, 0.6) is 0 Å². The van der Waals surface area contributed by atoms with Crippen LogP contribution in [0, 0.1) is 11.7 Å². The van der Waals surface area contributed by atoms with Crippen LogP contribution in [0.2, 0.25) is 0 Å². The van der Waals surface area contributed by atoms with Gasteiger partial charge in [0.15, 0.2) is 0 Å². The lowest BCUT2D eigenvalue weighted by atomic mass is 10.1. The maximum absolute atomic E-state index is 13.8. The van der Waals surface area contributed by atoms with E-state index in [1.54, 1.807) is 28.0 Å². The third kappa shape index (κ3) is 3.30. The van der Waals surface area contributed by atoms with Crippen molar-refractivity contribution in [2.45, 2.75) is 31.8 Å². The zero-order valence-electron chi connectivity index (χ0n) is 14.6. The van der Waals surface area contributed by atoms with E-state index in [0.717, 1.165) is 12.8 Å². The SMILES string of the molecule is O=C1CN(C(=O)[C@@H]2CC(=O)N(C3CC3)C2)CCN1Cc1ccccc1F. The van der Waals surface area contributed by atoms with Gasteiger partial charge in [-0.15, -0.1) is 0 Å². The molecule has 138 valence electrons. The van der Waals surface area contributed by atoms with Gasteiger partial charge in [0.25, 0.3) is 0 Å². The van der Waals surface area contributed by atoms with Crippen LogP contribution >= 0.6 is 0 Å². The number of hydrogen-bond donors (Lipinski definition) is 0. The van der Waals surface area contributed by atoms with E-state index < -0.39 is 0 Å². The summed E-state index contributed by atoms with van der Waals surface area (Å²) in [5.74, 6) is -0.913. The molecule has 0 bridgehead atoms. The zero-order valence-corrected chi connectivity index (χ0v) is 14.6. The largest absolute Gasteiger partial charge is 0.339 e. The van der Waals surface area contributed by atoms with Gasteiger partial charge in [0.2, 0.25) is 17.7 Å². The highest BCUT2D eigenvalue weighted by Crippen LogP contribution is 2.33. The molecular weight excluding hydrogens is 337 g/mol. The number of nitrogens with zero attached hydrogens (tertiary/aromatic N) is 3. The summed E-state index contributed by atoms with van der Waals surface area (Å²) < 4.78 is 13.8. The molecule has 0 spiro atoms. The number of amides is 3. The van der Waals surface area contributed by atoms with Gasteiger partial charge >= 0.3 is 0 Å². The van der Waals surface area contributed by atoms with Crippen molar-refractivity contribution in [1.82, 2.24) is 14.7 Å². The first-order chi connectivity index (χ1) is 12.5. The van der Waals surface area contributed by atoms with E-state index in [4.69, 9.17) is 0 Å².